The van der Waals surface area contributed by atoms with Gasteiger partial charge in [-0.25, -0.2) is 12.7 Å². The van der Waals surface area contributed by atoms with E-state index in [4.69, 9.17) is 40.9 Å². The smallest absolute Gasteiger partial charge is 0.217 e. The first-order chi connectivity index (χ1) is 17.9. The monoisotopic (exact) mass is 552 g/mol. The van der Waals surface area contributed by atoms with Crippen molar-refractivity contribution in [3.63, 3.8) is 0 Å². The van der Waals surface area contributed by atoms with E-state index >= 15 is 0 Å². The van der Waals surface area contributed by atoms with Crippen molar-refractivity contribution in [2.45, 2.75) is 43.8 Å². The van der Waals surface area contributed by atoms with Crippen molar-refractivity contribution >= 4 is 10.0 Å². The lowest BCUT2D eigenvalue weighted by molar-refractivity contribution is -0.0129. The number of rotatable bonds is 24. The predicted molar refractivity (Wildman–Crippen MR) is 144 cm³/mol. The van der Waals surface area contributed by atoms with Crippen molar-refractivity contribution in [1.82, 2.24) is 4.31 Å². The third-order valence-electron chi connectivity index (χ3n) is 7.82. The zero-order chi connectivity index (χ0) is 27.0. The van der Waals surface area contributed by atoms with E-state index < -0.39 is 10.0 Å². The first-order valence-electron chi connectivity index (χ1n) is 13.8. The van der Waals surface area contributed by atoms with Gasteiger partial charge in [0.25, 0.3) is 0 Å². The highest BCUT2D eigenvalue weighted by Gasteiger charge is 2.47. The van der Waals surface area contributed by atoms with Gasteiger partial charge < -0.3 is 40.9 Å². The van der Waals surface area contributed by atoms with Gasteiger partial charge >= 0.3 is 0 Å². The van der Waals surface area contributed by atoms with E-state index in [1.165, 1.54) is 10.7 Å². The minimum Gasteiger partial charge on any atom is -0.379 e. The van der Waals surface area contributed by atoms with Crippen molar-refractivity contribution in [3.05, 3.63) is 0 Å². The van der Waals surface area contributed by atoms with Crippen molar-refractivity contribution in [2.24, 2.45) is 34.5 Å². The second-order valence-corrected chi connectivity index (χ2v) is 12.6. The highest BCUT2D eigenvalue weighted by Crippen LogP contribution is 2.47. The molecule has 2 saturated carbocycles. The molecule has 0 aromatic rings. The Hall–Kier alpha value is -0.410. The molecule has 2 rings (SSSR count). The Balaban J connectivity index is 1.31. The molecule has 2 fully saturated rings. The fraction of sp³-hybridized carbons (Fsp3) is 1.00. The Bertz CT molecular complexity index is 688. The molecule has 3 atom stereocenters. The van der Waals surface area contributed by atoms with Gasteiger partial charge in [-0.3, -0.25) is 0 Å². The van der Waals surface area contributed by atoms with Gasteiger partial charge in [0.15, 0.2) is 0 Å². The van der Waals surface area contributed by atoms with E-state index in [9.17, 15) is 8.42 Å². The molecule has 11 nitrogen and oxygen atoms in total. The molecule has 0 spiro atoms. The zero-order valence-corrected chi connectivity index (χ0v) is 23.6. The second-order valence-electron chi connectivity index (χ2n) is 10.4. The normalized spacial score (nSPS) is 21.9. The van der Waals surface area contributed by atoms with Gasteiger partial charge in [-0.1, -0.05) is 6.42 Å². The summed E-state index contributed by atoms with van der Waals surface area (Å²) in [6, 6.07) is 0. The van der Waals surface area contributed by atoms with Crippen LogP contribution in [0.1, 0.15) is 38.5 Å². The summed E-state index contributed by atoms with van der Waals surface area (Å²) in [5.41, 5.74) is 17.0. The molecule has 2 aliphatic carbocycles. The molecule has 0 aliphatic heterocycles. The Morgan fingerprint density at radius 3 is 1.65 bits per heavy atom. The van der Waals surface area contributed by atoms with Crippen LogP contribution in [0.5, 0.6) is 0 Å². The number of hydrogen-bond donors (Lipinski definition) is 3. The van der Waals surface area contributed by atoms with Crippen LogP contribution in [0.4, 0.5) is 0 Å². The van der Waals surface area contributed by atoms with Crippen LogP contribution in [0.25, 0.3) is 0 Å². The summed E-state index contributed by atoms with van der Waals surface area (Å²) in [7, 11) is -1.49. The number of nitrogens with zero attached hydrogens (tertiary/aromatic N) is 1. The van der Waals surface area contributed by atoms with E-state index in [2.05, 4.69) is 0 Å². The molecule has 0 heterocycles. The highest BCUT2D eigenvalue weighted by molar-refractivity contribution is 7.89. The number of nitrogens with two attached hydrogens (primary N) is 3. The largest absolute Gasteiger partial charge is 0.379 e. The molecule has 2 aliphatic rings. The second kappa shape index (κ2) is 18.0. The summed E-state index contributed by atoms with van der Waals surface area (Å²) in [5.74, 6) is 0.993. The van der Waals surface area contributed by atoms with Crippen LogP contribution in [-0.4, -0.2) is 117 Å². The average Bonchev–Trinajstić information content (AvgIpc) is 3.55. The third kappa shape index (κ3) is 11.3. The topological polar surface area (TPSA) is 162 Å². The van der Waals surface area contributed by atoms with E-state index in [-0.39, 0.29) is 10.7 Å². The maximum Gasteiger partial charge on any atom is 0.217 e. The van der Waals surface area contributed by atoms with Crippen molar-refractivity contribution in [1.29, 1.82) is 0 Å². The van der Waals surface area contributed by atoms with Crippen molar-refractivity contribution < 1.29 is 32.1 Å². The standard InChI is InChI=1S/C25H52N4O7S/c1-29(37(30,31)24-18-22-3-4-23(24)17-22)6-2-7-32-9-11-34-13-15-36-16-14-35-12-10-33-8-5-25(19-26,20-27)21-28/h22-24H,2-21,26-28H2,1H3. The third-order valence-corrected chi connectivity index (χ3v) is 10.2. The Kier molecular flexibility index (Phi) is 16.0. The van der Waals surface area contributed by atoms with E-state index in [1.807, 2.05) is 0 Å². The number of hydrogen-bond acceptors (Lipinski definition) is 10. The Labute approximate surface area is 224 Å². The molecular weight excluding hydrogens is 500 g/mol. The predicted octanol–water partition coefficient (Wildman–Crippen LogP) is 0.162. The molecule has 220 valence electrons. The van der Waals surface area contributed by atoms with Crippen LogP contribution in [-0.2, 0) is 33.7 Å². The van der Waals surface area contributed by atoms with Crippen molar-refractivity contribution in [2.75, 3.05) is 99.3 Å². The van der Waals surface area contributed by atoms with Gasteiger partial charge in [-0.15, -0.1) is 0 Å². The summed E-state index contributed by atoms with van der Waals surface area (Å²) in [6.45, 7) is 6.90. The lowest BCUT2D eigenvalue weighted by Crippen LogP contribution is -2.45. The van der Waals surface area contributed by atoms with Crippen LogP contribution >= 0.6 is 0 Å². The molecule has 3 unspecified atom stereocenters. The molecule has 2 bridgehead atoms. The fourth-order valence-electron chi connectivity index (χ4n) is 5.13. The minimum atomic E-state index is -3.19. The molecule has 0 aromatic carbocycles. The minimum absolute atomic E-state index is 0.167. The summed E-state index contributed by atoms with van der Waals surface area (Å²) >= 11 is 0. The van der Waals surface area contributed by atoms with Crippen LogP contribution in [0.15, 0.2) is 0 Å². The maximum absolute atomic E-state index is 12.8. The highest BCUT2D eigenvalue weighted by atomic mass is 32.2. The number of sulfonamides is 1. The lowest BCUT2D eigenvalue weighted by Gasteiger charge is -2.29. The maximum atomic E-state index is 12.8. The lowest BCUT2D eigenvalue weighted by atomic mass is 9.85. The van der Waals surface area contributed by atoms with Crippen LogP contribution < -0.4 is 17.2 Å². The van der Waals surface area contributed by atoms with E-state index in [0.29, 0.717) is 111 Å². The summed E-state index contributed by atoms with van der Waals surface area (Å²) in [6.07, 6.45) is 5.64. The van der Waals surface area contributed by atoms with Crippen LogP contribution in [0.3, 0.4) is 0 Å². The molecule has 0 aromatic heterocycles. The molecule has 37 heavy (non-hydrogen) atoms. The van der Waals surface area contributed by atoms with E-state index in [0.717, 1.165) is 25.7 Å². The first kappa shape index (κ1) is 32.8. The fourth-order valence-corrected chi connectivity index (χ4v) is 7.22. The Morgan fingerprint density at radius 2 is 1.22 bits per heavy atom. The van der Waals surface area contributed by atoms with Gasteiger partial charge in [0, 0.05) is 51.9 Å². The summed E-state index contributed by atoms with van der Waals surface area (Å²) in [4.78, 5) is 0. The zero-order valence-electron chi connectivity index (χ0n) is 22.8. The molecular formula is C25H52N4O7S. The van der Waals surface area contributed by atoms with Gasteiger partial charge in [-0.2, -0.15) is 0 Å². The van der Waals surface area contributed by atoms with Crippen LogP contribution in [0, 0.1) is 17.3 Å². The van der Waals surface area contributed by atoms with Crippen LogP contribution in [0.2, 0.25) is 0 Å². The Morgan fingerprint density at radius 1 is 0.730 bits per heavy atom. The molecule has 6 N–H and O–H groups in total. The summed E-state index contributed by atoms with van der Waals surface area (Å²) in [5, 5.41) is -0.167. The molecule has 0 radical (unpaired) electrons. The molecule has 0 amide bonds. The quantitative estimate of drug-likeness (QED) is 0.141. The number of fused-ring (bicyclic) bond motifs is 2. The molecule has 0 saturated heterocycles. The first-order valence-corrected chi connectivity index (χ1v) is 15.3. The van der Waals surface area contributed by atoms with Gasteiger partial charge in [-0.05, 0) is 43.9 Å². The number of ether oxygens (including phenoxy) is 5. The summed E-state index contributed by atoms with van der Waals surface area (Å²) < 4.78 is 54.7. The molecule has 12 heteroatoms. The van der Waals surface area contributed by atoms with E-state index in [1.54, 1.807) is 7.05 Å². The van der Waals surface area contributed by atoms with Gasteiger partial charge in [0.2, 0.25) is 10.0 Å². The van der Waals surface area contributed by atoms with Gasteiger partial charge in [0.1, 0.15) is 0 Å². The van der Waals surface area contributed by atoms with Gasteiger partial charge in [0.05, 0.1) is 58.1 Å². The van der Waals surface area contributed by atoms with Crippen molar-refractivity contribution in [3.8, 4) is 0 Å². The average molecular weight is 553 g/mol. The SMILES string of the molecule is CN(CCCOCCOCCOCCOCCOCCC(CN)(CN)CN)S(=O)(=O)C1CC2CCC1C2.